The molecule has 1 saturated carbocycles. The number of methoxy groups -OCH3 is 1. The van der Waals surface area contributed by atoms with Crippen LogP contribution in [0.4, 0.5) is 5.69 Å². The lowest BCUT2D eigenvalue weighted by atomic mass is 9.81. The molecule has 0 aromatic carbocycles. The van der Waals surface area contributed by atoms with E-state index in [-0.39, 0.29) is 0 Å². The van der Waals surface area contributed by atoms with E-state index in [1.54, 1.807) is 7.11 Å². The van der Waals surface area contributed by atoms with Crippen LogP contribution in [-0.4, -0.2) is 31.3 Å². The standard InChI is InChI=1S/C15H24N2O2/c1-12(10-13-4-3-5-13)17-14-6-7-15(16-11-14)19-9-8-18-2/h6-7,11-13,17H,3-5,8-10H2,1-2H3. The van der Waals surface area contributed by atoms with Crippen molar-refractivity contribution >= 4 is 5.69 Å². The molecule has 1 fully saturated rings. The predicted octanol–water partition coefficient (Wildman–Crippen LogP) is 3.10. The van der Waals surface area contributed by atoms with Gasteiger partial charge in [0.1, 0.15) is 6.61 Å². The third-order valence-corrected chi connectivity index (χ3v) is 3.60. The lowest BCUT2D eigenvalue weighted by molar-refractivity contribution is 0.144. The summed E-state index contributed by atoms with van der Waals surface area (Å²) in [5.74, 6) is 1.57. The number of nitrogens with zero attached hydrogens (tertiary/aromatic N) is 1. The lowest BCUT2D eigenvalue weighted by Crippen LogP contribution is -2.23. The van der Waals surface area contributed by atoms with Crippen molar-refractivity contribution in [3.05, 3.63) is 18.3 Å². The number of hydrogen-bond donors (Lipinski definition) is 1. The Morgan fingerprint density at radius 2 is 2.21 bits per heavy atom. The molecule has 0 saturated heterocycles. The monoisotopic (exact) mass is 264 g/mol. The van der Waals surface area contributed by atoms with E-state index in [2.05, 4.69) is 17.2 Å². The normalized spacial score (nSPS) is 16.7. The summed E-state index contributed by atoms with van der Waals surface area (Å²) in [7, 11) is 1.66. The van der Waals surface area contributed by atoms with Gasteiger partial charge in [-0.2, -0.15) is 0 Å². The van der Waals surface area contributed by atoms with Gasteiger partial charge in [-0.15, -0.1) is 0 Å². The zero-order chi connectivity index (χ0) is 13.5. The molecule has 0 bridgehead atoms. The van der Waals surface area contributed by atoms with E-state index in [1.807, 2.05) is 18.3 Å². The highest BCUT2D eigenvalue weighted by Gasteiger charge is 2.19. The van der Waals surface area contributed by atoms with Gasteiger partial charge < -0.3 is 14.8 Å². The number of hydrogen-bond acceptors (Lipinski definition) is 4. The summed E-state index contributed by atoms with van der Waals surface area (Å²) >= 11 is 0. The summed E-state index contributed by atoms with van der Waals surface area (Å²) < 4.78 is 10.4. The fourth-order valence-electron chi connectivity index (χ4n) is 2.35. The molecule has 1 N–H and O–H groups in total. The van der Waals surface area contributed by atoms with Gasteiger partial charge in [0.2, 0.25) is 5.88 Å². The maximum absolute atomic E-state index is 5.43. The second-order valence-corrected chi connectivity index (χ2v) is 5.30. The Labute approximate surface area is 115 Å². The topological polar surface area (TPSA) is 43.4 Å². The summed E-state index contributed by atoms with van der Waals surface area (Å²) in [6.07, 6.45) is 7.30. The molecular formula is C15H24N2O2. The molecule has 1 heterocycles. The van der Waals surface area contributed by atoms with Crippen LogP contribution in [0.1, 0.15) is 32.6 Å². The van der Waals surface area contributed by atoms with E-state index < -0.39 is 0 Å². The first-order chi connectivity index (χ1) is 9.28. The van der Waals surface area contributed by atoms with Gasteiger partial charge in [0.25, 0.3) is 0 Å². The van der Waals surface area contributed by atoms with Gasteiger partial charge in [-0.25, -0.2) is 4.98 Å². The van der Waals surface area contributed by atoms with Crippen LogP contribution in [0.2, 0.25) is 0 Å². The summed E-state index contributed by atoms with van der Waals surface area (Å²) in [6.45, 7) is 3.36. The van der Waals surface area contributed by atoms with Gasteiger partial charge in [-0.3, -0.25) is 0 Å². The van der Waals surface area contributed by atoms with Crippen LogP contribution in [0.5, 0.6) is 5.88 Å². The summed E-state index contributed by atoms with van der Waals surface area (Å²) in [6, 6.07) is 4.42. The molecule has 2 rings (SSSR count). The molecule has 1 atom stereocenters. The largest absolute Gasteiger partial charge is 0.475 e. The van der Waals surface area contributed by atoms with Crippen LogP contribution in [0.3, 0.4) is 0 Å². The number of aromatic nitrogens is 1. The van der Waals surface area contributed by atoms with Crippen molar-refractivity contribution in [1.29, 1.82) is 0 Å². The Balaban J connectivity index is 1.73. The van der Waals surface area contributed by atoms with Crippen molar-refractivity contribution in [3.63, 3.8) is 0 Å². The van der Waals surface area contributed by atoms with Crippen LogP contribution >= 0.6 is 0 Å². The Morgan fingerprint density at radius 1 is 1.37 bits per heavy atom. The Kier molecular flexibility index (Phi) is 5.45. The maximum Gasteiger partial charge on any atom is 0.213 e. The van der Waals surface area contributed by atoms with Gasteiger partial charge >= 0.3 is 0 Å². The van der Waals surface area contributed by atoms with Crippen LogP contribution < -0.4 is 10.1 Å². The molecular weight excluding hydrogens is 240 g/mol. The highest BCUT2D eigenvalue weighted by Crippen LogP contribution is 2.31. The van der Waals surface area contributed by atoms with Crippen LogP contribution in [0, 0.1) is 5.92 Å². The molecule has 19 heavy (non-hydrogen) atoms. The highest BCUT2D eigenvalue weighted by atomic mass is 16.5. The third kappa shape index (κ3) is 4.71. The van der Waals surface area contributed by atoms with E-state index in [1.165, 1.54) is 25.7 Å². The number of pyridine rings is 1. The third-order valence-electron chi connectivity index (χ3n) is 3.60. The van der Waals surface area contributed by atoms with Crippen LogP contribution in [-0.2, 0) is 4.74 Å². The fourth-order valence-corrected chi connectivity index (χ4v) is 2.35. The lowest BCUT2D eigenvalue weighted by Gasteiger charge is -2.28. The van der Waals surface area contributed by atoms with Crippen molar-refractivity contribution in [3.8, 4) is 5.88 Å². The van der Waals surface area contributed by atoms with Gasteiger partial charge in [-0.05, 0) is 25.3 Å². The first-order valence-electron chi connectivity index (χ1n) is 7.12. The molecule has 1 aliphatic rings. The summed E-state index contributed by atoms with van der Waals surface area (Å²) in [5.41, 5.74) is 1.06. The first-order valence-corrected chi connectivity index (χ1v) is 7.12. The van der Waals surface area contributed by atoms with E-state index in [0.717, 1.165) is 11.6 Å². The van der Waals surface area contributed by atoms with Crippen LogP contribution in [0.15, 0.2) is 18.3 Å². The second kappa shape index (κ2) is 7.34. The SMILES string of the molecule is COCCOc1ccc(NC(C)CC2CCC2)cn1. The minimum absolute atomic E-state index is 0.507. The Morgan fingerprint density at radius 3 is 2.79 bits per heavy atom. The molecule has 0 radical (unpaired) electrons. The fraction of sp³-hybridized carbons (Fsp3) is 0.667. The van der Waals surface area contributed by atoms with E-state index in [9.17, 15) is 0 Å². The van der Waals surface area contributed by atoms with Crippen LogP contribution in [0.25, 0.3) is 0 Å². The average molecular weight is 264 g/mol. The van der Waals surface area contributed by atoms with E-state index in [4.69, 9.17) is 9.47 Å². The number of rotatable bonds is 8. The zero-order valence-corrected chi connectivity index (χ0v) is 11.9. The maximum atomic E-state index is 5.43. The second-order valence-electron chi connectivity index (χ2n) is 5.30. The Bertz CT molecular complexity index is 363. The van der Waals surface area contributed by atoms with Gasteiger partial charge in [0, 0.05) is 19.2 Å². The average Bonchev–Trinajstić information content (AvgIpc) is 2.36. The molecule has 0 spiro atoms. The summed E-state index contributed by atoms with van der Waals surface area (Å²) in [4.78, 5) is 4.28. The van der Waals surface area contributed by atoms with Crippen molar-refractivity contribution in [2.75, 3.05) is 25.6 Å². The van der Waals surface area contributed by atoms with Gasteiger partial charge in [0.15, 0.2) is 0 Å². The van der Waals surface area contributed by atoms with Crippen molar-refractivity contribution in [1.82, 2.24) is 4.98 Å². The van der Waals surface area contributed by atoms with E-state index >= 15 is 0 Å². The quantitative estimate of drug-likeness (QED) is 0.733. The number of ether oxygens (including phenoxy) is 2. The van der Waals surface area contributed by atoms with Crippen molar-refractivity contribution in [2.24, 2.45) is 5.92 Å². The zero-order valence-electron chi connectivity index (χ0n) is 11.9. The smallest absolute Gasteiger partial charge is 0.213 e. The molecule has 106 valence electrons. The first kappa shape index (κ1) is 14.1. The minimum atomic E-state index is 0.507. The number of nitrogens with one attached hydrogen (secondary N) is 1. The molecule has 1 aromatic rings. The van der Waals surface area contributed by atoms with Gasteiger partial charge in [-0.1, -0.05) is 19.3 Å². The molecule has 1 aliphatic carbocycles. The molecule has 4 heteroatoms. The highest BCUT2D eigenvalue weighted by molar-refractivity contribution is 5.42. The number of anilines is 1. The molecule has 1 unspecified atom stereocenters. The minimum Gasteiger partial charge on any atom is -0.475 e. The van der Waals surface area contributed by atoms with Crippen molar-refractivity contribution < 1.29 is 9.47 Å². The predicted molar refractivity (Wildman–Crippen MR) is 76.7 cm³/mol. The molecule has 4 nitrogen and oxygen atoms in total. The van der Waals surface area contributed by atoms with Crippen molar-refractivity contribution in [2.45, 2.75) is 38.6 Å². The molecule has 0 amide bonds. The van der Waals surface area contributed by atoms with E-state index in [0.29, 0.717) is 25.1 Å². The molecule has 1 aromatic heterocycles. The van der Waals surface area contributed by atoms with Gasteiger partial charge in [0.05, 0.1) is 18.5 Å². The summed E-state index contributed by atoms with van der Waals surface area (Å²) in [5, 5.41) is 3.49. The Hall–Kier alpha value is -1.29. The molecule has 0 aliphatic heterocycles.